The van der Waals surface area contributed by atoms with Crippen molar-refractivity contribution in [1.82, 2.24) is 4.98 Å². The highest BCUT2D eigenvalue weighted by atomic mass is 35.5. The highest BCUT2D eigenvalue weighted by Crippen LogP contribution is 2.38. The Morgan fingerprint density at radius 2 is 2.46 bits per heavy atom. The summed E-state index contributed by atoms with van der Waals surface area (Å²) < 4.78 is 0. The van der Waals surface area contributed by atoms with Crippen molar-refractivity contribution in [1.29, 1.82) is 0 Å². The highest BCUT2D eigenvalue weighted by Gasteiger charge is 2.30. The van der Waals surface area contributed by atoms with Crippen LogP contribution in [0.5, 0.6) is 0 Å². The lowest BCUT2D eigenvalue weighted by Crippen LogP contribution is -2.08. The van der Waals surface area contributed by atoms with Crippen molar-refractivity contribution < 1.29 is 4.79 Å². The van der Waals surface area contributed by atoms with Crippen LogP contribution in [0.1, 0.15) is 10.8 Å². The largest absolute Gasteiger partial charge is 0.309 e. The first-order valence-electron chi connectivity index (χ1n) is 3.71. The number of nitrogens with zero attached hydrogens (tertiary/aromatic N) is 1. The molecule has 0 bridgehead atoms. The topological polar surface area (TPSA) is 42.0 Å². The van der Waals surface area contributed by atoms with Crippen molar-refractivity contribution >= 4 is 35.1 Å². The van der Waals surface area contributed by atoms with Crippen LogP contribution in [0.4, 0.5) is 5.82 Å². The summed E-state index contributed by atoms with van der Waals surface area (Å²) in [5, 5.41) is 3.09. The van der Waals surface area contributed by atoms with Crippen molar-refractivity contribution in [3.63, 3.8) is 0 Å². The maximum absolute atomic E-state index is 11.4. The second kappa shape index (κ2) is 3.20. The molecule has 2 rings (SSSR count). The van der Waals surface area contributed by atoms with Crippen molar-refractivity contribution in [3.8, 4) is 0 Å². The van der Waals surface area contributed by atoms with Gasteiger partial charge in [0.15, 0.2) is 0 Å². The van der Waals surface area contributed by atoms with Crippen molar-refractivity contribution in [2.75, 3.05) is 11.6 Å². The molecule has 1 amide bonds. The van der Waals surface area contributed by atoms with Crippen molar-refractivity contribution in [2.24, 2.45) is 0 Å². The first-order valence-corrected chi connectivity index (χ1v) is 5.38. The van der Waals surface area contributed by atoms with Crippen LogP contribution < -0.4 is 5.32 Å². The average molecular weight is 215 g/mol. The van der Waals surface area contributed by atoms with Crippen LogP contribution in [0, 0.1) is 0 Å². The third-order valence-electron chi connectivity index (χ3n) is 1.88. The van der Waals surface area contributed by atoms with Gasteiger partial charge in [-0.1, -0.05) is 11.6 Å². The fourth-order valence-electron chi connectivity index (χ4n) is 1.32. The van der Waals surface area contributed by atoms with Gasteiger partial charge in [0.05, 0.1) is 5.02 Å². The highest BCUT2D eigenvalue weighted by molar-refractivity contribution is 7.99. The molecule has 1 atom stereocenters. The van der Waals surface area contributed by atoms with Gasteiger partial charge >= 0.3 is 0 Å². The molecule has 1 aliphatic heterocycles. The van der Waals surface area contributed by atoms with Gasteiger partial charge in [-0.3, -0.25) is 4.79 Å². The van der Waals surface area contributed by atoms with Gasteiger partial charge in [-0.2, -0.15) is 0 Å². The molecule has 3 nitrogen and oxygen atoms in total. The lowest BCUT2D eigenvalue weighted by atomic mass is 10.2. The number of pyridine rings is 1. The Hall–Kier alpha value is -0.740. The minimum Gasteiger partial charge on any atom is -0.309 e. The molecule has 1 aliphatic rings. The van der Waals surface area contributed by atoms with Crippen LogP contribution >= 0.6 is 23.4 Å². The molecule has 5 heteroatoms. The Morgan fingerprint density at radius 1 is 1.69 bits per heavy atom. The number of halogens is 1. The molecule has 1 aromatic rings. The Morgan fingerprint density at radius 3 is 3.15 bits per heavy atom. The summed E-state index contributed by atoms with van der Waals surface area (Å²) in [7, 11) is 0. The predicted octanol–water partition coefficient (Wildman–Crippen LogP) is 2.09. The van der Waals surface area contributed by atoms with Crippen molar-refractivity contribution in [2.45, 2.75) is 5.25 Å². The number of hydrogen-bond acceptors (Lipinski definition) is 3. The lowest BCUT2D eigenvalue weighted by molar-refractivity contribution is -0.115. The zero-order valence-electron chi connectivity index (χ0n) is 6.87. The fraction of sp³-hybridized carbons (Fsp3) is 0.250. The third-order valence-corrected chi connectivity index (χ3v) is 3.03. The fourth-order valence-corrected chi connectivity index (χ4v) is 2.19. The summed E-state index contributed by atoms with van der Waals surface area (Å²) in [5.41, 5.74) is 0.880. The number of aromatic nitrogens is 1. The third kappa shape index (κ3) is 1.40. The number of hydrogen-bond donors (Lipinski definition) is 1. The van der Waals surface area contributed by atoms with Crippen LogP contribution in [0.2, 0.25) is 5.02 Å². The molecular weight excluding hydrogens is 208 g/mol. The maximum atomic E-state index is 11.4. The molecule has 2 heterocycles. The van der Waals surface area contributed by atoms with Gasteiger partial charge in [0.2, 0.25) is 5.91 Å². The SMILES string of the molecule is CS[C@H]1C(=O)Nc2ncc(Cl)cc21. The summed E-state index contributed by atoms with van der Waals surface area (Å²) in [6.07, 6.45) is 3.42. The van der Waals surface area contributed by atoms with Gasteiger partial charge in [0, 0.05) is 11.8 Å². The molecule has 13 heavy (non-hydrogen) atoms. The van der Waals surface area contributed by atoms with Crippen LogP contribution in [0.3, 0.4) is 0 Å². The zero-order valence-corrected chi connectivity index (χ0v) is 8.45. The number of fused-ring (bicyclic) bond motifs is 1. The second-order valence-corrected chi connectivity index (χ2v) is 4.08. The zero-order chi connectivity index (χ0) is 9.42. The number of carbonyl (C=O) groups is 1. The quantitative estimate of drug-likeness (QED) is 0.779. The smallest absolute Gasteiger partial charge is 0.243 e. The Labute approximate surface area is 84.9 Å². The van der Waals surface area contributed by atoms with E-state index in [1.165, 1.54) is 18.0 Å². The number of carbonyl (C=O) groups excluding carboxylic acids is 1. The van der Waals surface area contributed by atoms with E-state index in [1.807, 2.05) is 6.26 Å². The van der Waals surface area contributed by atoms with E-state index >= 15 is 0 Å². The molecule has 0 saturated heterocycles. The normalized spacial score (nSPS) is 19.8. The van der Waals surface area contributed by atoms with Crippen LogP contribution in [0.15, 0.2) is 12.3 Å². The Kier molecular flexibility index (Phi) is 2.17. The van der Waals surface area contributed by atoms with Gasteiger partial charge in [0.1, 0.15) is 11.1 Å². The van der Waals surface area contributed by atoms with E-state index in [1.54, 1.807) is 6.07 Å². The van der Waals surface area contributed by atoms with Gasteiger partial charge in [-0.25, -0.2) is 4.98 Å². The molecule has 0 spiro atoms. The minimum atomic E-state index is -0.166. The molecule has 1 N–H and O–H groups in total. The molecule has 0 radical (unpaired) electrons. The van der Waals surface area contributed by atoms with E-state index in [9.17, 15) is 4.79 Å². The van der Waals surface area contributed by atoms with Gasteiger partial charge < -0.3 is 5.32 Å². The second-order valence-electron chi connectivity index (χ2n) is 2.70. The van der Waals surface area contributed by atoms with E-state index in [0.717, 1.165) is 5.56 Å². The monoisotopic (exact) mass is 214 g/mol. The van der Waals surface area contributed by atoms with E-state index in [0.29, 0.717) is 10.8 Å². The number of rotatable bonds is 1. The Bertz CT molecular complexity index is 369. The maximum Gasteiger partial charge on any atom is 0.243 e. The molecule has 0 aromatic carbocycles. The first-order chi connectivity index (χ1) is 6.22. The predicted molar refractivity (Wildman–Crippen MR) is 54.1 cm³/mol. The van der Waals surface area contributed by atoms with Crippen molar-refractivity contribution in [3.05, 3.63) is 22.8 Å². The number of amides is 1. The van der Waals surface area contributed by atoms with Crippen LogP contribution in [0.25, 0.3) is 0 Å². The summed E-state index contributed by atoms with van der Waals surface area (Å²) in [4.78, 5) is 15.4. The standard InChI is InChI=1S/C8H7ClN2OS/c1-13-6-5-2-4(9)3-10-7(5)11-8(6)12/h2-3,6H,1H3,(H,10,11,12)/t6-/m1/s1. The summed E-state index contributed by atoms with van der Waals surface area (Å²) >= 11 is 7.26. The molecule has 1 aromatic heterocycles. The van der Waals surface area contributed by atoms with Gasteiger partial charge in [0.25, 0.3) is 0 Å². The van der Waals surface area contributed by atoms with Crippen LogP contribution in [-0.2, 0) is 4.79 Å². The summed E-state index contributed by atoms with van der Waals surface area (Å²) in [6, 6.07) is 1.78. The molecule has 0 saturated carbocycles. The van der Waals surface area contributed by atoms with Crippen LogP contribution in [-0.4, -0.2) is 17.1 Å². The van der Waals surface area contributed by atoms with E-state index in [2.05, 4.69) is 10.3 Å². The number of thioether (sulfide) groups is 1. The average Bonchev–Trinajstić information content (AvgIpc) is 2.40. The van der Waals surface area contributed by atoms with E-state index < -0.39 is 0 Å². The Balaban J connectivity index is 2.50. The lowest BCUT2D eigenvalue weighted by Gasteiger charge is -2.02. The number of anilines is 1. The first kappa shape index (κ1) is 8.84. The van der Waals surface area contributed by atoms with E-state index in [4.69, 9.17) is 11.6 Å². The molecule has 0 aliphatic carbocycles. The summed E-state index contributed by atoms with van der Waals surface area (Å²) in [5.74, 6) is 0.617. The van der Waals surface area contributed by atoms with Gasteiger partial charge in [-0.15, -0.1) is 11.8 Å². The number of nitrogens with one attached hydrogen (secondary N) is 1. The molecule has 0 fully saturated rings. The van der Waals surface area contributed by atoms with E-state index in [-0.39, 0.29) is 11.2 Å². The molecular formula is C8H7ClN2OS. The van der Waals surface area contributed by atoms with Gasteiger partial charge in [-0.05, 0) is 12.3 Å². The summed E-state index contributed by atoms with van der Waals surface area (Å²) in [6.45, 7) is 0. The minimum absolute atomic E-state index is 0.0164. The molecule has 0 unspecified atom stereocenters. The molecule has 68 valence electrons.